The van der Waals surface area contributed by atoms with Crippen LogP contribution in [0.15, 0.2) is 18.2 Å². The molecule has 1 aliphatic rings. The highest BCUT2D eigenvalue weighted by atomic mass is 16.4. The van der Waals surface area contributed by atoms with Crippen LogP contribution in [-0.4, -0.2) is 20.6 Å². The maximum Gasteiger partial charge on any atom is 0.335 e. The Morgan fingerprint density at radius 3 is 2.75 bits per heavy atom. The molecule has 20 heavy (non-hydrogen) atoms. The SMILES string of the molecule is CCn1c(C2CCCCC2)nc2ccc(C(=O)O)cc21. The molecule has 3 rings (SSSR count). The summed E-state index contributed by atoms with van der Waals surface area (Å²) >= 11 is 0. The first-order chi connectivity index (χ1) is 9.70. The number of carboxylic acids is 1. The molecule has 1 aliphatic carbocycles. The number of nitrogens with zero attached hydrogens (tertiary/aromatic N) is 2. The molecular weight excluding hydrogens is 252 g/mol. The number of rotatable bonds is 3. The van der Waals surface area contributed by atoms with Crippen molar-refractivity contribution in [2.24, 2.45) is 0 Å². The number of aryl methyl sites for hydroxylation is 1. The molecule has 0 aliphatic heterocycles. The highest BCUT2D eigenvalue weighted by Crippen LogP contribution is 2.34. The minimum absolute atomic E-state index is 0.335. The van der Waals surface area contributed by atoms with Crippen LogP contribution in [0.5, 0.6) is 0 Å². The zero-order chi connectivity index (χ0) is 14.1. The van der Waals surface area contributed by atoms with Gasteiger partial charge in [-0.15, -0.1) is 0 Å². The summed E-state index contributed by atoms with van der Waals surface area (Å²) in [7, 11) is 0. The van der Waals surface area contributed by atoms with Crippen molar-refractivity contribution in [3.63, 3.8) is 0 Å². The number of benzene rings is 1. The highest BCUT2D eigenvalue weighted by molar-refractivity contribution is 5.92. The first kappa shape index (κ1) is 13.2. The summed E-state index contributed by atoms with van der Waals surface area (Å²) in [5.74, 6) is 0.795. The van der Waals surface area contributed by atoms with Gasteiger partial charge in [0.15, 0.2) is 0 Å². The number of imidazole rings is 1. The Kier molecular flexibility index (Phi) is 3.47. The number of carboxylic acid groups (broad SMARTS) is 1. The first-order valence-corrected chi connectivity index (χ1v) is 7.44. The molecule has 106 valence electrons. The minimum atomic E-state index is -0.880. The van der Waals surface area contributed by atoms with Gasteiger partial charge in [-0.3, -0.25) is 0 Å². The standard InChI is InChI=1S/C16H20N2O2/c1-2-18-14-10-12(16(19)20)8-9-13(14)17-15(18)11-6-4-3-5-7-11/h8-11H,2-7H2,1H3,(H,19,20). The molecule has 4 heteroatoms. The summed E-state index contributed by atoms with van der Waals surface area (Å²) in [6.07, 6.45) is 6.28. The van der Waals surface area contributed by atoms with Crippen molar-refractivity contribution in [1.29, 1.82) is 0 Å². The summed E-state index contributed by atoms with van der Waals surface area (Å²) in [5.41, 5.74) is 2.20. The van der Waals surface area contributed by atoms with E-state index in [4.69, 9.17) is 10.1 Å². The smallest absolute Gasteiger partial charge is 0.335 e. The lowest BCUT2D eigenvalue weighted by atomic mass is 9.88. The van der Waals surface area contributed by atoms with Gasteiger partial charge < -0.3 is 9.67 Å². The molecular formula is C16H20N2O2. The average molecular weight is 272 g/mol. The van der Waals surface area contributed by atoms with Gasteiger partial charge in [-0.2, -0.15) is 0 Å². The normalized spacial score (nSPS) is 16.6. The van der Waals surface area contributed by atoms with Gasteiger partial charge >= 0.3 is 5.97 Å². The number of carbonyl (C=O) groups is 1. The largest absolute Gasteiger partial charge is 0.478 e. The lowest BCUT2D eigenvalue weighted by Crippen LogP contribution is -2.11. The van der Waals surface area contributed by atoms with E-state index in [2.05, 4.69) is 11.5 Å². The summed E-state index contributed by atoms with van der Waals surface area (Å²) < 4.78 is 2.19. The van der Waals surface area contributed by atoms with Crippen molar-refractivity contribution in [3.8, 4) is 0 Å². The molecule has 0 saturated heterocycles. The van der Waals surface area contributed by atoms with Crippen LogP contribution in [0.3, 0.4) is 0 Å². The number of aromatic carboxylic acids is 1. The molecule has 0 unspecified atom stereocenters. The van der Waals surface area contributed by atoms with Gasteiger partial charge in [0.1, 0.15) is 5.82 Å². The van der Waals surface area contributed by atoms with Crippen molar-refractivity contribution in [2.45, 2.75) is 51.5 Å². The van der Waals surface area contributed by atoms with Crippen molar-refractivity contribution < 1.29 is 9.90 Å². The molecule has 1 aromatic heterocycles. The minimum Gasteiger partial charge on any atom is -0.478 e. The molecule has 0 atom stereocenters. The van der Waals surface area contributed by atoms with E-state index in [0.717, 1.165) is 23.4 Å². The van der Waals surface area contributed by atoms with Crippen LogP contribution in [-0.2, 0) is 6.54 Å². The van der Waals surface area contributed by atoms with Gasteiger partial charge in [-0.05, 0) is 38.0 Å². The predicted octanol–water partition coefficient (Wildman–Crippen LogP) is 3.80. The summed E-state index contributed by atoms with van der Waals surface area (Å²) in [4.78, 5) is 15.9. The fraction of sp³-hybridized carbons (Fsp3) is 0.500. The number of aromatic nitrogens is 2. The Balaban J connectivity index is 2.10. The van der Waals surface area contributed by atoms with E-state index in [9.17, 15) is 4.79 Å². The second-order valence-electron chi connectivity index (χ2n) is 5.56. The maximum atomic E-state index is 11.1. The monoisotopic (exact) mass is 272 g/mol. The van der Waals surface area contributed by atoms with Crippen LogP contribution in [0.1, 0.15) is 61.1 Å². The molecule has 4 nitrogen and oxygen atoms in total. The third kappa shape index (κ3) is 2.19. The fourth-order valence-corrected chi connectivity index (χ4v) is 3.28. The molecule has 2 aromatic rings. The van der Waals surface area contributed by atoms with Gasteiger partial charge in [0.25, 0.3) is 0 Å². The first-order valence-electron chi connectivity index (χ1n) is 7.44. The second-order valence-corrected chi connectivity index (χ2v) is 5.56. The van der Waals surface area contributed by atoms with Gasteiger partial charge in [0, 0.05) is 12.5 Å². The average Bonchev–Trinajstić information content (AvgIpc) is 2.85. The predicted molar refractivity (Wildman–Crippen MR) is 78.2 cm³/mol. The number of hydrogen-bond donors (Lipinski definition) is 1. The Hall–Kier alpha value is -1.84. The van der Waals surface area contributed by atoms with Crippen LogP contribution < -0.4 is 0 Å². The lowest BCUT2D eigenvalue weighted by molar-refractivity contribution is 0.0697. The van der Waals surface area contributed by atoms with E-state index in [-0.39, 0.29) is 0 Å². The zero-order valence-corrected chi connectivity index (χ0v) is 11.8. The Morgan fingerprint density at radius 2 is 2.10 bits per heavy atom. The maximum absolute atomic E-state index is 11.1. The van der Waals surface area contributed by atoms with Crippen molar-refractivity contribution in [2.75, 3.05) is 0 Å². The van der Waals surface area contributed by atoms with Crippen molar-refractivity contribution in [1.82, 2.24) is 9.55 Å². The van der Waals surface area contributed by atoms with Crippen LogP contribution >= 0.6 is 0 Å². The third-order valence-corrected chi connectivity index (χ3v) is 4.31. The third-order valence-electron chi connectivity index (χ3n) is 4.31. The number of fused-ring (bicyclic) bond motifs is 1. The Bertz CT molecular complexity index is 639. The van der Waals surface area contributed by atoms with E-state index >= 15 is 0 Å². The van der Waals surface area contributed by atoms with Crippen LogP contribution in [0.2, 0.25) is 0 Å². The van der Waals surface area contributed by atoms with Crippen LogP contribution in [0.25, 0.3) is 11.0 Å². The summed E-state index contributed by atoms with van der Waals surface area (Å²) in [5, 5.41) is 9.13. The van der Waals surface area contributed by atoms with Gasteiger partial charge in [-0.25, -0.2) is 9.78 Å². The molecule has 1 fully saturated rings. The Morgan fingerprint density at radius 1 is 1.35 bits per heavy atom. The van der Waals surface area contributed by atoms with Gasteiger partial charge in [-0.1, -0.05) is 19.3 Å². The lowest BCUT2D eigenvalue weighted by Gasteiger charge is -2.21. The van der Waals surface area contributed by atoms with E-state index in [1.807, 2.05) is 6.07 Å². The topological polar surface area (TPSA) is 55.1 Å². The summed E-state index contributed by atoms with van der Waals surface area (Å²) in [6.45, 7) is 2.94. The van der Waals surface area contributed by atoms with Crippen LogP contribution in [0.4, 0.5) is 0 Å². The fourth-order valence-electron chi connectivity index (χ4n) is 3.28. The molecule has 0 bridgehead atoms. The quantitative estimate of drug-likeness (QED) is 0.924. The van der Waals surface area contributed by atoms with Gasteiger partial charge in [0.2, 0.25) is 0 Å². The second kappa shape index (κ2) is 5.27. The molecule has 1 heterocycles. The van der Waals surface area contributed by atoms with E-state index in [0.29, 0.717) is 11.5 Å². The number of hydrogen-bond acceptors (Lipinski definition) is 2. The summed E-state index contributed by atoms with van der Waals surface area (Å²) in [6, 6.07) is 5.22. The van der Waals surface area contributed by atoms with E-state index in [1.165, 1.54) is 32.1 Å². The molecule has 0 spiro atoms. The molecule has 0 radical (unpaired) electrons. The van der Waals surface area contributed by atoms with Gasteiger partial charge in [0.05, 0.1) is 16.6 Å². The molecule has 1 saturated carbocycles. The highest BCUT2D eigenvalue weighted by Gasteiger charge is 2.22. The molecule has 1 aromatic carbocycles. The van der Waals surface area contributed by atoms with E-state index < -0.39 is 5.97 Å². The van der Waals surface area contributed by atoms with Crippen molar-refractivity contribution >= 4 is 17.0 Å². The Labute approximate surface area is 118 Å². The zero-order valence-electron chi connectivity index (χ0n) is 11.8. The van der Waals surface area contributed by atoms with Crippen molar-refractivity contribution in [3.05, 3.63) is 29.6 Å². The molecule has 1 N–H and O–H groups in total. The van der Waals surface area contributed by atoms with E-state index in [1.54, 1.807) is 12.1 Å². The molecule has 0 amide bonds. The van der Waals surface area contributed by atoms with Crippen LogP contribution in [0, 0.1) is 0 Å².